The molecule has 0 fully saturated rings. The van der Waals surface area contributed by atoms with E-state index in [2.05, 4.69) is 25.2 Å². The van der Waals surface area contributed by atoms with Gasteiger partial charge in [0, 0.05) is 35.4 Å². The normalized spacial score (nSPS) is 29.6. The van der Waals surface area contributed by atoms with Crippen LogP contribution in [-0.4, -0.2) is 28.8 Å². The quantitative estimate of drug-likeness (QED) is 0.751. The molecule has 4 atom stereocenters. The van der Waals surface area contributed by atoms with Crippen LogP contribution in [0.5, 0.6) is 0 Å². The minimum absolute atomic E-state index is 0.253. The molecule has 4 unspecified atom stereocenters. The van der Waals surface area contributed by atoms with E-state index in [1.165, 1.54) is 18.4 Å². The van der Waals surface area contributed by atoms with E-state index in [1.807, 2.05) is 6.92 Å². The molecule has 0 aromatic carbocycles. The molecule has 0 amide bonds. The summed E-state index contributed by atoms with van der Waals surface area (Å²) in [7, 11) is -0.711. The fourth-order valence-corrected chi connectivity index (χ4v) is 2.65. The fraction of sp³-hybridized carbons (Fsp3) is 0.846. The van der Waals surface area contributed by atoms with E-state index in [0.29, 0.717) is 5.92 Å². The first-order valence-corrected chi connectivity index (χ1v) is 7.84. The van der Waals surface area contributed by atoms with Crippen molar-refractivity contribution in [2.45, 2.75) is 38.9 Å². The molecular weight excluding hydrogens is 218 g/mol. The van der Waals surface area contributed by atoms with Gasteiger partial charge in [0.2, 0.25) is 0 Å². The van der Waals surface area contributed by atoms with Crippen molar-refractivity contribution < 1.29 is 4.21 Å². The molecule has 16 heavy (non-hydrogen) atoms. The maximum Gasteiger partial charge on any atom is 0.0441 e. The van der Waals surface area contributed by atoms with Crippen LogP contribution in [0.2, 0.25) is 0 Å². The summed E-state index contributed by atoms with van der Waals surface area (Å²) in [6, 6.07) is 0. The van der Waals surface area contributed by atoms with Gasteiger partial charge >= 0.3 is 0 Å². The summed E-state index contributed by atoms with van der Waals surface area (Å²) in [4.78, 5) is 0. The van der Waals surface area contributed by atoms with E-state index < -0.39 is 10.8 Å². The molecule has 0 spiro atoms. The molecule has 3 heteroatoms. The SMILES string of the molecule is CC1=CCCC(C)C1CNCC(C)S(C)=O. The average molecular weight is 243 g/mol. The zero-order chi connectivity index (χ0) is 12.1. The summed E-state index contributed by atoms with van der Waals surface area (Å²) in [5.41, 5.74) is 1.52. The molecule has 94 valence electrons. The number of nitrogens with one attached hydrogen (secondary N) is 1. The Bertz CT molecular complexity index is 275. The van der Waals surface area contributed by atoms with Crippen LogP contribution in [0.3, 0.4) is 0 Å². The van der Waals surface area contributed by atoms with Crippen LogP contribution in [0.1, 0.15) is 33.6 Å². The third-order valence-corrected chi connectivity index (χ3v) is 5.02. The molecule has 1 aliphatic carbocycles. The van der Waals surface area contributed by atoms with Gasteiger partial charge in [-0.1, -0.05) is 18.6 Å². The highest BCUT2D eigenvalue weighted by Gasteiger charge is 2.21. The number of hydrogen-bond acceptors (Lipinski definition) is 2. The molecule has 1 N–H and O–H groups in total. The first kappa shape index (κ1) is 13.9. The topological polar surface area (TPSA) is 29.1 Å². The molecule has 0 heterocycles. The molecule has 0 bridgehead atoms. The highest BCUT2D eigenvalue weighted by atomic mass is 32.2. The van der Waals surface area contributed by atoms with Crippen LogP contribution in [0.4, 0.5) is 0 Å². The first-order valence-electron chi connectivity index (χ1n) is 6.22. The van der Waals surface area contributed by atoms with Crippen LogP contribution in [0.15, 0.2) is 11.6 Å². The lowest BCUT2D eigenvalue weighted by atomic mass is 9.80. The van der Waals surface area contributed by atoms with Gasteiger partial charge in [-0.3, -0.25) is 4.21 Å². The third kappa shape index (κ3) is 4.02. The molecule has 0 radical (unpaired) electrons. The van der Waals surface area contributed by atoms with Gasteiger partial charge in [0.25, 0.3) is 0 Å². The van der Waals surface area contributed by atoms with Crippen molar-refractivity contribution in [3.8, 4) is 0 Å². The summed E-state index contributed by atoms with van der Waals surface area (Å²) < 4.78 is 11.2. The van der Waals surface area contributed by atoms with E-state index in [1.54, 1.807) is 6.26 Å². The standard InChI is InChI=1S/C13H25NOS/c1-10-6-5-7-11(2)13(10)9-14-8-12(3)16(4)15/h6,11-14H,5,7-9H2,1-4H3. The van der Waals surface area contributed by atoms with Gasteiger partial charge in [-0.15, -0.1) is 0 Å². The van der Waals surface area contributed by atoms with Gasteiger partial charge in [-0.05, 0) is 38.5 Å². The lowest BCUT2D eigenvalue weighted by molar-refractivity contribution is 0.351. The fourth-order valence-electron chi connectivity index (χ4n) is 2.30. The van der Waals surface area contributed by atoms with E-state index in [-0.39, 0.29) is 5.25 Å². The molecule has 0 aromatic rings. The molecule has 1 rings (SSSR count). The number of rotatable bonds is 5. The molecule has 0 saturated carbocycles. The summed E-state index contributed by atoms with van der Waals surface area (Å²) >= 11 is 0. The average Bonchev–Trinajstić information content (AvgIpc) is 2.22. The smallest absolute Gasteiger partial charge is 0.0441 e. The van der Waals surface area contributed by atoms with Gasteiger partial charge in [0.05, 0.1) is 0 Å². The minimum Gasteiger partial charge on any atom is -0.315 e. The minimum atomic E-state index is -0.711. The lowest BCUT2D eigenvalue weighted by Crippen LogP contribution is -2.34. The maximum absolute atomic E-state index is 11.2. The predicted octanol–water partition coefficient (Wildman–Crippen LogP) is 2.34. The lowest BCUT2D eigenvalue weighted by Gasteiger charge is -2.29. The summed E-state index contributed by atoms with van der Waals surface area (Å²) in [6.07, 6.45) is 6.69. The Balaban J connectivity index is 2.34. The zero-order valence-corrected chi connectivity index (χ0v) is 11.8. The zero-order valence-electron chi connectivity index (χ0n) is 11.0. The van der Waals surface area contributed by atoms with Crippen molar-refractivity contribution >= 4 is 10.8 Å². The van der Waals surface area contributed by atoms with E-state index in [0.717, 1.165) is 19.0 Å². The van der Waals surface area contributed by atoms with Crippen molar-refractivity contribution in [1.82, 2.24) is 5.32 Å². The summed E-state index contributed by atoms with van der Waals surface area (Å²) in [5, 5.41) is 3.72. The number of hydrogen-bond donors (Lipinski definition) is 1. The van der Waals surface area contributed by atoms with E-state index in [9.17, 15) is 4.21 Å². The molecule has 0 saturated heterocycles. The largest absolute Gasteiger partial charge is 0.315 e. The number of allylic oxidation sites excluding steroid dienone is 1. The van der Waals surface area contributed by atoms with Crippen LogP contribution < -0.4 is 5.32 Å². The second-order valence-electron chi connectivity index (χ2n) is 5.08. The van der Waals surface area contributed by atoms with Crippen molar-refractivity contribution in [3.05, 3.63) is 11.6 Å². The summed E-state index contributed by atoms with van der Waals surface area (Å²) in [6.45, 7) is 8.51. The predicted molar refractivity (Wildman–Crippen MR) is 72.0 cm³/mol. The maximum atomic E-state index is 11.2. The molecule has 0 aromatic heterocycles. The van der Waals surface area contributed by atoms with Crippen molar-refractivity contribution in [2.24, 2.45) is 11.8 Å². The second kappa shape index (κ2) is 6.55. The van der Waals surface area contributed by atoms with Gasteiger partial charge in [-0.2, -0.15) is 0 Å². The second-order valence-corrected chi connectivity index (χ2v) is 6.88. The van der Waals surface area contributed by atoms with Crippen LogP contribution in [0.25, 0.3) is 0 Å². The Morgan fingerprint density at radius 3 is 2.88 bits per heavy atom. The molecule has 2 nitrogen and oxygen atoms in total. The van der Waals surface area contributed by atoms with Crippen LogP contribution in [-0.2, 0) is 10.8 Å². The third-order valence-electron chi connectivity index (χ3n) is 3.72. The van der Waals surface area contributed by atoms with Crippen molar-refractivity contribution in [2.75, 3.05) is 19.3 Å². The Morgan fingerprint density at radius 1 is 1.62 bits per heavy atom. The molecule has 1 aliphatic rings. The van der Waals surface area contributed by atoms with Gasteiger partial charge in [0.1, 0.15) is 0 Å². The van der Waals surface area contributed by atoms with Gasteiger partial charge < -0.3 is 5.32 Å². The Kier molecular flexibility index (Phi) is 5.70. The highest BCUT2D eigenvalue weighted by molar-refractivity contribution is 7.84. The highest BCUT2D eigenvalue weighted by Crippen LogP contribution is 2.29. The Hall–Kier alpha value is -0.150. The molecular formula is C13H25NOS. The van der Waals surface area contributed by atoms with Crippen molar-refractivity contribution in [3.63, 3.8) is 0 Å². The van der Waals surface area contributed by atoms with Crippen LogP contribution in [0, 0.1) is 11.8 Å². The van der Waals surface area contributed by atoms with E-state index >= 15 is 0 Å². The Morgan fingerprint density at radius 2 is 2.31 bits per heavy atom. The first-order chi connectivity index (χ1) is 7.52. The van der Waals surface area contributed by atoms with E-state index in [4.69, 9.17) is 0 Å². The van der Waals surface area contributed by atoms with Gasteiger partial charge in [0.15, 0.2) is 0 Å². The monoisotopic (exact) mass is 243 g/mol. The summed E-state index contributed by atoms with van der Waals surface area (Å²) in [5.74, 6) is 1.45. The van der Waals surface area contributed by atoms with Crippen molar-refractivity contribution in [1.29, 1.82) is 0 Å². The molecule has 0 aliphatic heterocycles. The Labute approximate surface area is 102 Å². The van der Waals surface area contributed by atoms with Gasteiger partial charge in [-0.25, -0.2) is 0 Å². The van der Waals surface area contributed by atoms with Crippen LogP contribution >= 0.6 is 0 Å².